The van der Waals surface area contributed by atoms with E-state index in [1.165, 1.54) is 6.33 Å². The molecule has 2 saturated carbocycles. The van der Waals surface area contributed by atoms with E-state index >= 15 is 0 Å². The van der Waals surface area contributed by atoms with Gasteiger partial charge in [0.05, 0.1) is 149 Å². The summed E-state index contributed by atoms with van der Waals surface area (Å²) in [5, 5.41) is 19.4. The Labute approximate surface area is 703 Å². The van der Waals surface area contributed by atoms with E-state index < -0.39 is 30.0 Å². The number of benzene rings is 1. The molecule has 1 aromatic carbocycles. The second-order valence-corrected chi connectivity index (χ2v) is 32.2. The van der Waals surface area contributed by atoms with Crippen molar-refractivity contribution >= 4 is 58.1 Å². The molecule has 4 aromatic rings. The van der Waals surface area contributed by atoms with Crippen LogP contribution in [0.1, 0.15) is 194 Å². The number of amides is 2. The summed E-state index contributed by atoms with van der Waals surface area (Å²) in [6, 6.07) is 7.93. The van der Waals surface area contributed by atoms with E-state index in [0.717, 1.165) is 142 Å². The Hall–Kier alpha value is -7.39. The van der Waals surface area contributed by atoms with Crippen LogP contribution in [0.25, 0.3) is 27.8 Å². The highest BCUT2D eigenvalue weighted by Crippen LogP contribution is 2.41. The normalized spacial score (nSPS) is 20.5. The van der Waals surface area contributed by atoms with E-state index in [9.17, 15) is 33.9 Å². The largest absolute Gasteiger partial charge is 0.495 e. The van der Waals surface area contributed by atoms with E-state index in [4.69, 9.17) is 77.0 Å². The van der Waals surface area contributed by atoms with Crippen LogP contribution in [0, 0.1) is 29.6 Å². The molecular weight excluding hydrogens is 1530 g/mol. The zero-order valence-electron chi connectivity index (χ0n) is 71.9. The summed E-state index contributed by atoms with van der Waals surface area (Å²) < 4.78 is 81.2. The van der Waals surface area contributed by atoms with Crippen LogP contribution in [0.5, 0.6) is 5.75 Å². The van der Waals surface area contributed by atoms with Gasteiger partial charge in [-0.1, -0.05) is 69.4 Å². The van der Waals surface area contributed by atoms with Crippen LogP contribution in [0.2, 0.25) is 0 Å². The number of hydrogen-bond acceptors (Lipinski definition) is 25. The number of Topliss-reactive ketones (excluding diaryl/α,β-unsaturated/α-hetero) is 3. The number of aliphatic hydroxyl groups excluding tert-OH is 1. The molecule has 119 heavy (non-hydrogen) atoms. The molecule has 2 aliphatic carbocycles. The molecule has 2 unspecified atom stereocenters. The molecule has 5 N–H and O–H groups in total. The van der Waals surface area contributed by atoms with E-state index in [0.29, 0.717) is 207 Å². The van der Waals surface area contributed by atoms with Gasteiger partial charge in [-0.2, -0.15) is 5.10 Å². The van der Waals surface area contributed by atoms with Crippen LogP contribution in [-0.4, -0.2) is 260 Å². The SMILES string of the molecule is COc1cccc2cc(-c3nc([C@H]4CC[C@H](C(=O)CCCOCCOCCOCCOCCOCCOCCOCCOCCOCCNC(=O)O[C@H]5CC[C@H](CC[C@H](CC[C@H](C)/C=C(\C)[C@@H](O)CC(=O)[C@H](C)C[C@H](C)/C=C/C=C/C=C(\C)[C@H](CC6CCCC(C(=O)C(=O)N7CCCCC7)O6)OC)OC=O)CC5)CC4)n4ncnc(N)c34)[nH]c12. The highest BCUT2D eigenvalue weighted by Gasteiger charge is 2.37. The molecule has 29 heteroatoms. The zero-order valence-corrected chi connectivity index (χ0v) is 71.9. The van der Waals surface area contributed by atoms with E-state index in [1.807, 2.05) is 79.9 Å². The van der Waals surface area contributed by atoms with E-state index in [2.05, 4.69) is 40.3 Å². The summed E-state index contributed by atoms with van der Waals surface area (Å²) in [6.07, 6.45) is 28.0. The fraction of sp³-hybridized carbons (Fsp3) is 0.700. The van der Waals surface area contributed by atoms with Crippen LogP contribution in [0.4, 0.5) is 10.6 Å². The number of aliphatic hydroxyl groups is 1. The molecule has 0 spiro atoms. The minimum absolute atomic E-state index is 0.0167. The maximum atomic E-state index is 13.3. The molecule has 8 rings (SSSR count). The quantitative estimate of drug-likeness (QED) is 0.0105. The highest BCUT2D eigenvalue weighted by atomic mass is 16.6. The summed E-state index contributed by atoms with van der Waals surface area (Å²) in [7, 11) is 3.32. The van der Waals surface area contributed by atoms with Gasteiger partial charge in [0.1, 0.15) is 59.0 Å². The third kappa shape index (κ3) is 34.8. The number of carbonyl (C=O) groups excluding carboxylic acids is 6. The predicted molar refractivity (Wildman–Crippen MR) is 452 cm³/mol. The third-order valence-corrected chi connectivity index (χ3v) is 23.0. The molecule has 4 aliphatic rings. The van der Waals surface area contributed by atoms with Gasteiger partial charge >= 0.3 is 6.09 Å². The number of nitrogens with one attached hydrogen (secondary N) is 2. The number of hydrogen-bond donors (Lipinski definition) is 4. The number of likely N-dealkylation sites (tertiary alicyclic amines) is 1. The molecule has 4 fully saturated rings. The fourth-order valence-corrected chi connectivity index (χ4v) is 16.1. The van der Waals surface area contributed by atoms with Crippen molar-refractivity contribution in [3.8, 4) is 17.1 Å². The number of rotatable bonds is 60. The average molecular weight is 1670 g/mol. The Morgan fingerprint density at radius 2 is 1.34 bits per heavy atom. The number of para-hydroxylation sites is 1. The lowest BCUT2D eigenvalue weighted by Crippen LogP contribution is -2.46. The number of methoxy groups -OCH3 is 2. The van der Waals surface area contributed by atoms with Crippen molar-refractivity contribution in [3.63, 3.8) is 0 Å². The second-order valence-electron chi connectivity index (χ2n) is 32.2. The number of nitrogens with two attached hydrogens (primary N) is 1. The topological polar surface area (TPSA) is 352 Å². The van der Waals surface area contributed by atoms with Gasteiger partial charge in [-0.25, -0.2) is 19.3 Å². The van der Waals surface area contributed by atoms with Crippen LogP contribution >= 0.6 is 0 Å². The lowest BCUT2D eigenvalue weighted by Gasteiger charge is -2.33. The number of alkyl carbamates (subject to hydrolysis) is 1. The van der Waals surface area contributed by atoms with Gasteiger partial charge in [-0.15, -0.1) is 0 Å². The number of fused-ring (bicyclic) bond motifs is 2. The summed E-state index contributed by atoms with van der Waals surface area (Å²) in [6.45, 7) is 19.9. The van der Waals surface area contributed by atoms with Gasteiger partial charge in [-0.05, 0) is 183 Å². The standard InChI is InChI=1S/C90H138N8O21/c1-64(17-10-8-11-18-66(3)82(107-7)60-75-20-15-23-81(118-75)86(103)89(104)97-37-12-9-13-38-97)57-67(4)78(101)61-79(102)68(5)58-65(2)24-32-73(117-63-99)33-25-69-26-34-74(35-27-69)119-90(105)92-36-40-109-42-44-111-46-48-113-50-52-115-54-56-116-55-53-114-51-49-112-47-45-110-43-41-108-39-16-21-77(100)70-28-30-71(31-29-70)88-96-84(85-87(91)93-62-94-98(85)88)76-59-72-19-14-22-80(106-6)83(72)95-76/h8,10-11,14,17-19,22,58-59,62-65,67,69-71,73-75,79,81-82,95,102H,9,12-13,15-16,20-21,23-57,60-61H2,1-7H3,(H,92,105)(H2,91,93,94)/b11-8+,17-10+,66-18+,68-58+/t64-,65+,67-,69-,70-,71-,73+,74-,75?,79+,81?,82+/m1/s1. The van der Waals surface area contributed by atoms with Crippen molar-refractivity contribution in [3.05, 3.63) is 84.0 Å². The second kappa shape index (κ2) is 55.6. The number of ether oxygens (including phenoxy) is 14. The number of ketones is 3. The van der Waals surface area contributed by atoms with Gasteiger partial charge in [0.2, 0.25) is 5.78 Å². The number of aromatic nitrogens is 5. The zero-order chi connectivity index (χ0) is 84.8. The van der Waals surface area contributed by atoms with Crippen LogP contribution in [0.3, 0.4) is 0 Å². The van der Waals surface area contributed by atoms with Crippen molar-refractivity contribution < 1.29 is 100 Å². The van der Waals surface area contributed by atoms with E-state index in [1.54, 1.807) is 19.1 Å². The molecule has 8 atom stereocenters. The molecule has 2 amide bonds. The first kappa shape index (κ1) is 97.1. The van der Waals surface area contributed by atoms with Gasteiger partial charge in [-0.3, -0.25) is 24.0 Å². The van der Waals surface area contributed by atoms with Gasteiger partial charge in [0, 0.05) is 75.8 Å². The number of anilines is 1. The smallest absolute Gasteiger partial charge is 0.407 e. The van der Waals surface area contributed by atoms with Gasteiger partial charge < -0.3 is 92.4 Å². The van der Waals surface area contributed by atoms with Gasteiger partial charge in [0.25, 0.3) is 12.4 Å². The Morgan fingerprint density at radius 3 is 1.96 bits per heavy atom. The third-order valence-electron chi connectivity index (χ3n) is 23.0. The van der Waals surface area contributed by atoms with Crippen LogP contribution < -0.4 is 15.8 Å². The Kier molecular flexibility index (Phi) is 45.3. The molecule has 0 radical (unpaired) electrons. The number of nitrogens with zero attached hydrogens (tertiary/aromatic N) is 5. The van der Waals surface area contributed by atoms with Crippen molar-refractivity contribution in [1.29, 1.82) is 0 Å². The minimum Gasteiger partial charge on any atom is -0.495 e. The molecule has 2 aliphatic heterocycles. The summed E-state index contributed by atoms with van der Waals surface area (Å²) in [4.78, 5) is 91.0. The first-order valence-corrected chi connectivity index (χ1v) is 43.8. The fourth-order valence-electron chi connectivity index (χ4n) is 16.1. The number of H-pyrrole nitrogens is 1. The Balaban J connectivity index is 0.526. The molecule has 2 saturated heterocycles. The molecule has 5 heterocycles. The maximum Gasteiger partial charge on any atom is 0.407 e. The first-order valence-electron chi connectivity index (χ1n) is 43.8. The summed E-state index contributed by atoms with van der Waals surface area (Å²) in [5.41, 5.74) is 11.2. The lowest BCUT2D eigenvalue weighted by atomic mass is 9.79. The van der Waals surface area contributed by atoms with Crippen molar-refractivity contribution in [2.45, 2.75) is 225 Å². The maximum absolute atomic E-state index is 13.3. The predicted octanol–water partition coefficient (Wildman–Crippen LogP) is 12.6. The van der Waals surface area contributed by atoms with Crippen molar-refractivity contribution in [2.75, 3.05) is 159 Å². The molecular formula is C90H138N8O21. The number of allylic oxidation sites excluding steroid dienone is 6. The Morgan fingerprint density at radius 1 is 0.706 bits per heavy atom. The molecule has 29 nitrogen and oxygen atoms in total. The molecule has 664 valence electrons. The Bertz CT molecular complexity index is 3750. The van der Waals surface area contributed by atoms with Gasteiger partial charge in [0.15, 0.2) is 5.82 Å². The number of piperidine rings is 1. The summed E-state index contributed by atoms with van der Waals surface area (Å²) in [5.74, 6) is 2.01. The number of imidazole rings is 1. The monoisotopic (exact) mass is 1670 g/mol. The molecule has 0 bridgehead atoms. The van der Waals surface area contributed by atoms with E-state index in [-0.39, 0.29) is 72.0 Å². The highest BCUT2D eigenvalue weighted by molar-refractivity contribution is 6.37. The lowest BCUT2D eigenvalue weighted by molar-refractivity contribution is -0.157. The van der Waals surface area contributed by atoms with Crippen molar-refractivity contribution in [2.24, 2.45) is 29.6 Å². The summed E-state index contributed by atoms with van der Waals surface area (Å²) >= 11 is 0. The first-order chi connectivity index (χ1) is 57.9. The average Bonchev–Trinajstić information content (AvgIpc) is 1.60. The van der Waals surface area contributed by atoms with Crippen LogP contribution in [-0.2, 0) is 85.6 Å². The minimum atomic E-state index is -0.880. The molecule has 3 aromatic heterocycles. The van der Waals surface area contributed by atoms with Crippen LogP contribution in [0.15, 0.2) is 78.2 Å². The number of aromatic amines is 1. The van der Waals surface area contributed by atoms with Crippen molar-refractivity contribution in [1.82, 2.24) is 34.8 Å². The number of nitrogen functional groups attached to an aromatic ring is 1. The number of carbonyl (C=O) groups is 6.